The molecular weight excluding hydrogens is 350 g/mol. The van der Waals surface area contributed by atoms with E-state index in [4.69, 9.17) is 0 Å². The number of aromatic nitrogens is 1. The number of rotatable bonds is 7. The van der Waals surface area contributed by atoms with Crippen molar-refractivity contribution in [3.63, 3.8) is 0 Å². The first-order valence-electron chi connectivity index (χ1n) is 8.30. The highest BCUT2D eigenvalue weighted by molar-refractivity contribution is 5.89. The Kier molecular flexibility index (Phi) is 5.04. The third kappa shape index (κ3) is 3.87. The second-order valence-electron chi connectivity index (χ2n) is 6.44. The quantitative estimate of drug-likeness (QED) is 0.483. The molecule has 2 aromatic carbocycles. The zero-order chi connectivity index (χ0) is 19.6. The number of H-pyrrole nitrogens is 1. The predicted molar refractivity (Wildman–Crippen MR) is 104 cm³/mol. The maximum Gasteiger partial charge on any atom is 0.299 e. The molecule has 3 rings (SSSR count). The highest BCUT2D eigenvalue weighted by atomic mass is 16.6. The first-order chi connectivity index (χ1) is 12.9. The van der Waals surface area contributed by atoms with Gasteiger partial charge < -0.3 is 15.2 Å². The summed E-state index contributed by atoms with van der Waals surface area (Å²) in [7, 11) is 3.99. The van der Waals surface area contributed by atoms with Crippen LogP contribution in [-0.4, -0.2) is 40.4 Å². The van der Waals surface area contributed by atoms with Crippen LogP contribution in [0.2, 0.25) is 0 Å². The zero-order valence-electron chi connectivity index (χ0n) is 14.9. The third-order valence-corrected chi connectivity index (χ3v) is 4.28. The van der Waals surface area contributed by atoms with Gasteiger partial charge in [-0.2, -0.15) is 0 Å². The highest BCUT2D eigenvalue weighted by Gasteiger charge is 2.24. The van der Waals surface area contributed by atoms with Gasteiger partial charge in [-0.05, 0) is 50.3 Å². The fourth-order valence-electron chi connectivity index (χ4n) is 2.91. The number of nitrogens with zero attached hydrogens (tertiary/aromatic N) is 3. The number of fused-ring (bicyclic) bond motifs is 1. The molecule has 27 heavy (non-hydrogen) atoms. The van der Waals surface area contributed by atoms with Crippen LogP contribution in [0.25, 0.3) is 10.9 Å². The molecule has 0 fully saturated rings. The lowest BCUT2D eigenvalue weighted by molar-refractivity contribution is -0.392. The van der Waals surface area contributed by atoms with Crippen LogP contribution in [0, 0.1) is 20.2 Å². The lowest BCUT2D eigenvalue weighted by Crippen LogP contribution is -2.14. The molecule has 0 saturated heterocycles. The van der Waals surface area contributed by atoms with Crippen LogP contribution in [0.15, 0.2) is 42.6 Å². The van der Waals surface area contributed by atoms with Crippen molar-refractivity contribution in [1.29, 1.82) is 0 Å². The van der Waals surface area contributed by atoms with Gasteiger partial charge in [0.05, 0.1) is 9.85 Å². The number of likely N-dealkylation sites (N-methyl/N-ethyl adjacent to an activating group) is 1. The molecule has 0 spiro atoms. The second-order valence-corrected chi connectivity index (χ2v) is 6.44. The minimum absolute atomic E-state index is 0.128. The Morgan fingerprint density at radius 3 is 2.33 bits per heavy atom. The van der Waals surface area contributed by atoms with Gasteiger partial charge in [-0.3, -0.25) is 20.2 Å². The van der Waals surface area contributed by atoms with Gasteiger partial charge in [0.2, 0.25) is 0 Å². The molecule has 2 N–H and O–H groups in total. The fourth-order valence-corrected chi connectivity index (χ4v) is 2.91. The molecule has 0 bridgehead atoms. The number of nitrogens with one attached hydrogen (secondary N) is 2. The lowest BCUT2D eigenvalue weighted by Gasteiger charge is -2.10. The molecule has 0 saturated carbocycles. The van der Waals surface area contributed by atoms with Crippen molar-refractivity contribution >= 4 is 33.7 Å². The van der Waals surface area contributed by atoms with Crippen LogP contribution in [0.5, 0.6) is 0 Å². The summed E-state index contributed by atoms with van der Waals surface area (Å²) in [6.07, 6.45) is 2.77. The van der Waals surface area contributed by atoms with Crippen molar-refractivity contribution in [2.45, 2.75) is 6.42 Å². The van der Waals surface area contributed by atoms with Crippen LogP contribution < -0.4 is 5.32 Å². The van der Waals surface area contributed by atoms with E-state index in [1.165, 1.54) is 18.2 Å². The standard InChI is InChI=1S/C18H19N5O4/c1-21(2)9-8-12-11-19-15-7-6-13(10-14(12)15)20-18-16(22(24)25)4-3-5-17(18)23(26)27/h3-7,10-11,19-20H,8-9H2,1-2H3. The molecule has 3 aromatic rings. The number of aromatic amines is 1. The molecule has 0 aliphatic rings. The Morgan fingerprint density at radius 1 is 1.07 bits per heavy atom. The molecule has 140 valence electrons. The minimum atomic E-state index is -0.632. The van der Waals surface area contributed by atoms with Gasteiger partial charge in [0.25, 0.3) is 11.4 Å². The van der Waals surface area contributed by atoms with Crippen LogP contribution in [-0.2, 0) is 6.42 Å². The summed E-state index contributed by atoms with van der Waals surface area (Å²) in [5, 5.41) is 26.4. The number of hydrogen-bond donors (Lipinski definition) is 2. The van der Waals surface area contributed by atoms with E-state index in [0.717, 1.165) is 29.4 Å². The van der Waals surface area contributed by atoms with Crippen LogP contribution in [0.1, 0.15) is 5.56 Å². The topological polar surface area (TPSA) is 117 Å². The maximum atomic E-state index is 11.3. The summed E-state index contributed by atoms with van der Waals surface area (Å²) < 4.78 is 0. The molecular formula is C18H19N5O4. The number of nitro benzene ring substituents is 2. The minimum Gasteiger partial charge on any atom is -0.361 e. The summed E-state index contributed by atoms with van der Waals surface area (Å²) in [5.41, 5.74) is 1.78. The van der Waals surface area contributed by atoms with E-state index >= 15 is 0 Å². The van der Waals surface area contributed by atoms with Crippen molar-refractivity contribution < 1.29 is 9.85 Å². The molecule has 0 radical (unpaired) electrons. The van der Waals surface area contributed by atoms with E-state index in [0.29, 0.717) is 5.69 Å². The third-order valence-electron chi connectivity index (χ3n) is 4.28. The van der Waals surface area contributed by atoms with Gasteiger partial charge in [-0.15, -0.1) is 0 Å². The number of nitro groups is 2. The molecule has 9 nitrogen and oxygen atoms in total. The van der Waals surface area contributed by atoms with Crippen molar-refractivity contribution in [1.82, 2.24) is 9.88 Å². The Balaban J connectivity index is 2.01. The van der Waals surface area contributed by atoms with Gasteiger partial charge in [0.15, 0.2) is 5.69 Å². The zero-order valence-corrected chi connectivity index (χ0v) is 14.9. The molecule has 0 amide bonds. The van der Waals surface area contributed by atoms with Crippen molar-refractivity contribution in [3.8, 4) is 0 Å². The van der Waals surface area contributed by atoms with E-state index in [1.54, 1.807) is 6.07 Å². The number of para-hydroxylation sites is 1. The van der Waals surface area contributed by atoms with Crippen LogP contribution >= 0.6 is 0 Å². The smallest absolute Gasteiger partial charge is 0.299 e. The Morgan fingerprint density at radius 2 is 1.74 bits per heavy atom. The predicted octanol–water partition coefficient (Wildman–Crippen LogP) is 3.83. The molecule has 0 aliphatic heterocycles. The molecule has 0 aliphatic carbocycles. The average Bonchev–Trinajstić information content (AvgIpc) is 3.02. The molecule has 0 unspecified atom stereocenters. The summed E-state index contributed by atoms with van der Waals surface area (Å²) in [6, 6.07) is 9.21. The van der Waals surface area contributed by atoms with E-state index in [1.807, 2.05) is 32.4 Å². The van der Waals surface area contributed by atoms with Crippen molar-refractivity contribution in [2.75, 3.05) is 26.0 Å². The number of benzene rings is 2. The summed E-state index contributed by atoms with van der Waals surface area (Å²) in [5.74, 6) is 0. The van der Waals surface area contributed by atoms with Gasteiger partial charge in [-0.1, -0.05) is 0 Å². The maximum absolute atomic E-state index is 11.3. The molecule has 0 atom stereocenters. The summed E-state index contributed by atoms with van der Waals surface area (Å²) in [4.78, 5) is 26.6. The van der Waals surface area contributed by atoms with Crippen LogP contribution in [0.4, 0.5) is 22.7 Å². The first-order valence-corrected chi connectivity index (χ1v) is 8.30. The van der Waals surface area contributed by atoms with E-state index in [-0.39, 0.29) is 17.1 Å². The SMILES string of the molecule is CN(C)CCc1c[nH]c2ccc(Nc3c([N+](=O)[O-])cccc3[N+](=O)[O-])cc12. The fraction of sp³-hybridized carbons (Fsp3) is 0.222. The van der Waals surface area contributed by atoms with Gasteiger partial charge >= 0.3 is 0 Å². The van der Waals surface area contributed by atoms with Crippen molar-refractivity contribution in [2.24, 2.45) is 0 Å². The summed E-state index contributed by atoms with van der Waals surface area (Å²) >= 11 is 0. The number of anilines is 2. The average molecular weight is 369 g/mol. The van der Waals surface area contributed by atoms with Crippen molar-refractivity contribution in [3.05, 3.63) is 68.4 Å². The Bertz CT molecular complexity index is 980. The van der Waals surface area contributed by atoms with Crippen LogP contribution in [0.3, 0.4) is 0 Å². The molecule has 1 aromatic heterocycles. The van der Waals surface area contributed by atoms with Gasteiger partial charge in [-0.25, -0.2) is 0 Å². The Hall–Kier alpha value is -3.46. The van der Waals surface area contributed by atoms with Gasteiger partial charge in [0.1, 0.15) is 0 Å². The second kappa shape index (κ2) is 7.42. The first kappa shape index (κ1) is 18.3. The van der Waals surface area contributed by atoms with E-state index in [2.05, 4.69) is 15.2 Å². The largest absolute Gasteiger partial charge is 0.361 e. The highest BCUT2D eigenvalue weighted by Crippen LogP contribution is 2.36. The van der Waals surface area contributed by atoms with E-state index < -0.39 is 9.85 Å². The van der Waals surface area contributed by atoms with E-state index in [9.17, 15) is 20.2 Å². The normalized spacial score (nSPS) is 11.1. The summed E-state index contributed by atoms with van der Waals surface area (Å²) in [6.45, 7) is 0.875. The molecule has 1 heterocycles. The van der Waals surface area contributed by atoms with Gasteiger partial charge in [0, 0.05) is 41.5 Å². The Labute approximate surface area is 154 Å². The molecule has 9 heteroatoms. The monoisotopic (exact) mass is 369 g/mol. The number of hydrogen-bond acceptors (Lipinski definition) is 6. The lowest BCUT2D eigenvalue weighted by atomic mass is 10.1.